The Kier molecular flexibility index (Phi) is 8.65. The minimum Gasteiger partial charge on any atom is -0.487 e. The lowest BCUT2D eigenvalue weighted by atomic mass is 10.1. The number of nitriles is 1. The second-order valence-electron chi connectivity index (χ2n) is 7.83. The van der Waals surface area contributed by atoms with Crippen LogP contribution in [0.4, 0.5) is 15.9 Å². The Labute approximate surface area is 217 Å². The van der Waals surface area contributed by atoms with E-state index in [1.165, 1.54) is 18.5 Å². The van der Waals surface area contributed by atoms with E-state index in [1.807, 2.05) is 24.3 Å². The van der Waals surface area contributed by atoms with Crippen LogP contribution >= 0.6 is 11.6 Å². The first-order valence-corrected chi connectivity index (χ1v) is 11.7. The Morgan fingerprint density at radius 3 is 2.76 bits per heavy atom. The van der Waals surface area contributed by atoms with Gasteiger partial charge in [0.1, 0.15) is 30.3 Å². The molecular weight excluding hydrogens is 497 g/mol. The number of hydrogen-bond donors (Lipinski definition) is 4. The summed E-state index contributed by atoms with van der Waals surface area (Å²) in [5.41, 5.74) is 3.04. The number of halogens is 2. The Morgan fingerprint density at radius 1 is 1.08 bits per heavy atom. The Balaban J connectivity index is 1.47. The van der Waals surface area contributed by atoms with E-state index in [1.54, 1.807) is 30.5 Å². The molecule has 11 heteroatoms. The van der Waals surface area contributed by atoms with Gasteiger partial charge in [-0.1, -0.05) is 29.8 Å². The summed E-state index contributed by atoms with van der Waals surface area (Å²) < 4.78 is 19.1. The number of guanidine groups is 1. The van der Waals surface area contributed by atoms with Crippen molar-refractivity contribution in [2.24, 2.45) is 4.99 Å². The monoisotopic (exact) mass is 519 g/mol. The number of rotatable bonds is 9. The van der Waals surface area contributed by atoms with E-state index in [0.717, 1.165) is 16.5 Å². The van der Waals surface area contributed by atoms with Crippen LogP contribution in [-0.4, -0.2) is 34.2 Å². The molecule has 188 valence electrons. The molecule has 1 heterocycles. The molecule has 0 spiro atoms. The van der Waals surface area contributed by atoms with E-state index in [2.05, 4.69) is 30.9 Å². The Hall–Kier alpha value is -4.46. The first-order valence-electron chi connectivity index (χ1n) is 11.3. The number of anilines is 2. The summed E-state index contributed by atoms with van der Waals surface area (Å²) in [6.07, 6.45) is 3.19. The largest absolute Gasteiger partial charge is 0.487 e. The maximum absolute atomic E-state index is 13.4. The van der Waals surface area contributed by atoms with E-state index in [9.17, 15) is 4.39 Å². The number of fused-ring (bicyclic) bond motifs is 1. The summed E-state index contributed by atoms with van der Waals surface area (Å²) in [6.45, 7) is 0.753. The molecule has 0 saturated heterocycles. The van der Waals surface area contributed by atoms with Gasteiger partial charge in [-0.05, 0) is 53.6 Å². The maximum Gasteiger partial charge on any atom is 0.209 e. The van der Waals surface area contributed by atoms with Crippen molar-refractivity contribution in [1.82, 2.24) is 20.6 Å². The molecule has 0 amide bonds. The summed E-state index contributed by atoms with van der Waals surface area (Å²) in [5.74, 6) is 1.01. The second-order valence-corrected chi connectivity index (χ2v) is 8.23. The second kappa shape index (κ2) is 12.5. The van der Waals surface area contributed by atoms with Gasteiger partial charge in [0.05, 0.1) is 17.1 Å². The number of aliphatic hydroxyl groups excluding tert-OH is 1. The summed E-state index contributed by atoms with van der Waals surface area (Å²) >= 11 is 6.43. The fourth-order valence-corrected chi connectivity index (χ4v) is 3.72. The van der Waals surface area contributed by atoms with E-state index < -0.39 is 0 Å². The molecule has 1 aromatic heterocycles. The molecule has 0 aliphatic heterocycles. The third-order valence-corrected chi connectivity index (χ3v) is 5.50. The molecule has 4 rings (SSSR count). The van der Waals surface area contributed by atoms with E-state index in [-0.39, 0.29) is 31.5 Å². The summed E-state index contributed by atoms with van der Waals surface area (Å²) in [7, 11) is 0. The lowest BCUT2D eigenvalue weighted by Crippen LogP contribution is -2.38. The minimum atomic E-state index is -0.322. The number of aromatic nitrogens is 2. The molecule has 0 fully saturated rings. The summed E-state index contributed by atoms with van der Waals surface area (Å²) in [5, 5.41) is 28.1. The fourth-order valence-electron chi connectivity index (χ4n) is 3.49. The van der Waals surface area contributed by atoms with Crippen molar-refractivity contribution in [3.8, 4) is 11.9 Å². The number of benzene rings is 3. The van der Waals surface area contributed by atoms with Crippen LogP contribution < -0.4 is 20.7 Å². The van der Waals surface area contributed by atoms with Gasteiger partial charge in [-0.25, -0.2) is 14.4 Å². The zero-order chi connectivity index (χ0) is 26.0. The third-order valence-electron chi connectivity index (χ3n) is 5.20. The highest BCUT2D eigenvalue weighted by molar-refractivity contribution is 6.32. The molecule has 4 aromatic rings. The highest BCUT2D eigenvalue weighted by Crippen LogP contribution is 2.31. The number of ether oxygens (including phenoxy) is 1. The highest BCUT2D eigenvalue weighted by Gasteiger charge is 2.09. The number of hydrogen-bond acceptors (Lipinski definition) is 7. The van der Waals surface area contributed by atoms with Gasteiger partial charge in [-0.3, -0.25) is 0 Å². The third kappa shape index (κ3) is 7.04. The molecule has 0 aliphatic rings. The molecule has 4 N–H and O–H groups in total. The van der Waals surface area contributed by atoms with Crippen molar-refractivity contribution >= 4 is 40.0 Å². The van der Waals surface area contributed by atoms with Crippen LogP contribution in [-0.2, 0) is 13.2 Å². The van der Waals surface area contributed by atoms with Gasteiger partial charge in [-0.2, -0.15) is 5.26 Å². The molecule has 0 unspecified atom stereocenters. The molecular formula is C26H23ClFN7O2. The van der Waals surface area contributed by atoms with Gasteiger partial charge in [0.2, 0.25) is 12.2 Å². The summed E-state index contributed by atoms with van der Waals surface area (Å²) in [4.78, 5) is 12.4. The smallest absolute Gasteiger partial charge is 0.209 e. The van der Waals surface area contributed by atoms with Gasteiger partial charge < -0.3 is 25.8 Å². The van der Waals surface area contributed by atoms with Crippen LogP contribution in [0.1, 0.15) is 11.1 Å². The van der Waals surface area contributed by atoms with Crippen molar-refractivity contribution < 1.29 is 14.2 Å². The van der Waals surface area contributed by atoms with Crippen molar-refractivity contribution in [3.63, 3.8) is 0 Å². The zero-order valence-electron chi connectivity index (χ0n) is 19.6. The van der Waals surface area contributed by atoms with E-state index >= 15 is 0 Å². The standard InChI is InChI=1S/C26H23ClFN7O2/c27-22-12-20(5-7-24(22)37-14-18-2-1-3-19(28)10-18)35-25-21-11-17(4-6-23(21)33-16-34-25)13-31-26(32-15-29)30-8-9-36/h1-7,10-12,16,36H,8-9,13-14H2,(H2,30,31,32)(H,33,34,35). The molecule has 0 saturated carbocycles. The fraction of sp³-hybridized carbons (Fsp3) is 0.154. The summed E-state index contributed by atoms with van der Waals surface area (Å²) in [6, 6.07) is 17.2. The molecule has 0 aliphatic carbocycles. The average Bonchev–Trinajstić information content (AvgIpc) is 2.90. The molecule has 9 nitrogen and oxygen atoms in total. The van der Waals surface area contributed by atoms with Crippen molar-refractivity contribution in [1.29, 1.82) is 5.26 Å². The van der Waals surface area contributed by atoms with Crippen molar-refractivity contribution in [2.45, 2.75) is 13.2 Å². The first-order chi connectivity index (χ1) is 18.1. The lowest BCUT2D eigenvalue weighted by molar-refractivity contribution is 0.300. The topological polar surface area (TPSA) is 127 Å². The number of nitrogens with one attached hydrogen (secondary N) is 3. The lowest BCUT2D eigenvalue weighted by Gasteiger charge is -2.13. The van der Waals surface area contributed by atoms with Crippen LogP contribution in [0.2, 0.25) is 5.02 Å². The van der Waals surface area contributed by atoms with Gasteiger partial charge in [0.25, 0.3) is 0 Å². The quantitative estimate of drug-likeness (QED) is 0.147. The van der Waals surface area contributed by atoms with Crippen LogP contribution in [0.3, 0.4) is 0 Å². The van der Waals surface area contributed by atoms with Gasteiger partial charge in [0.15, 0.2) is 0 Å². The number of aliphatic imine (C=N–C) groups is 1. The molecule has 3 aromatic carbocycles. The number of nitrogens with zero attached hydrogens (tertiary/aromatic N) is 4. The van der Waals surface area contributed by atoms with Gasteiger partial charge in [-0.15, -0.1) is 4.99 Å². The normalized spacial score (nSPS) is 11.1. The number of aliphatic hydroxyl groups is 1. The first kappa shape index (κ1) is 25.6. The average molecular weight is 520 g/mol. The van der Waals surface area contributed by atoms with Gasteiger partial charge >= 0.3 is 0 Å². The highest BCUT2D eigenvalue weighted by atomic mass is 35.5. The Morgan fingerprint density at radius 2 is 1.97 bits per heavy atom. The molecule has 0 atom stereocenters. The predicted octanol–water partition coefficient (Wildman–Crippen LogP) is 4.25. The van der Waals surface area contributed by atoms with Crippen molar-refractivity contribution in [2.75, 3.05) is 18.5 Å². The van der Waals surface area contributed by atoms with Crippen LogP contribution in [0, 0.1) is 17.3 Å². The van der Waals surface area contributed by atoms with Crippen LogP contribution in [0.25, 0.3) is 10.9 Å². The SMILES string of the molecule is N#C/N=C(\NCCO)NCc1ccc2ncnc(Nc3ccc(OCc4cccc(F)c4)c(Cl)c3)c2c1. The maximum atomic E-state index is 13.4. The van der Waals surface area contributed by atoms with Gasteiger partial charge in [0, 0.05) is 24.2 Å². The van der Waals surface area contributed by atoms with E-state index in [4.69, 9.17) is 26.7 Å². The van der Waals surface area contributed by atoms with Crippen molar-refractivity contribution in [3.05, 3.63) is 89.0 Å². The molecule has 0 radical (unpaired) electrons. The Bertz CT molecular complexity index is 1460. The molecule has 37 heavy (non-hydrogen) atoms. The molecule has 0 bridgehead atoms. The van der Waals surface area contributed by atoms with E-state index in [0.29, 0.717) is 34.4 Å². The van der Waals surface area contributed by atoms with Crippen LogP contribution in [0.5, 0.6) is 5.75 Å². The predicted molar refractivity (Wildman–Crippen MR) is 140 cm³/mol. The van der Waals surface area contributed by atoms with Crippen LogP contribution in [0.15, 0.2) is 72.0 Å². The zero-order valence-corrected chi connectivity index (χ0v) is 20.3. The minimum absolute atomic E-state index is 0.0847.